The van der Waals surface area contributed by atoms with E-state index in [1.807, 2.05) is 30.5 Å². The van der Waals surface area contributed by atoms with Crippen molar-refractivity contribution in [2.75, 3.05) is 0 Å². The summed E-state index contributed by atoms with van der Waals surface area (Å²) in [5.74, 6) is 0. The van der Waals surface area contributed by atoms with E-state index in [-0.39, 0.29) is 0 Å². The molecule has 0 unspecified atom stereocenters. The van der Waals surface area contributed by atoms with Gasteiger partial charge in [-0.05, 0) is 26.0 Å². The molecular formula is C8H8BN3S. The predicted octanol–water partition coefficient (Wildman–Crippen LogP) is 0.739. The third kappa shape index (κ3) is 1.39. The summed E-state index contributed by atoms with van der Waals surface area (Å²) in [5.41, 5.74) is 2.29. The zero-order chi connectivity index (χ0) is 9.42. The topological polar surface area (TPSA) is 30.7 Å². The lowest BCUT2D eigenvalue weighted by atomic mass is 10.2. The molecule has 0 saturated heterocycles. The molecule has 0 amide bonds. The van der Waals surface area contributed by atoms with Crippen molar-refractivity contribution in [3.05, 3.63) is 23.5 Å². The van der Waals surface area contributed by atoms with Crippen LogP contribution in [0.4, 0.5) is 0 Å². The highest BCUT2D eigenvalue weighted by Gasteiger charge is 2.07. The second-order valence-electron chi connectivity index (χ2n) is 2.87. The fourth-order valence-electron chi connectivity index (χ4n) is 1.29. The molecule has 13 heavy (non-hydrogen) atoms. The Morgan fingerprint density at radius 2 is 1.85 bits per heavy atom. The van der Waals surface area contributed by atoms with Gasteiger partial charge in [-0.15, -0.1) is 5.10 Å². The van der Waals surface area contributed by atoms with Crippen LogP contribution >= 0.6 is 11.3 Å². The van der Waals surface area contributed by atoms with Crippen molar-refractivity contribution >= 4 is 24.1 Å². The molecule has 2 radical (unpaired) electrons. The Hall–Kier alpha value is -1.10. The Morgan fingerprint density at radius 1 is 1.23 bits per heavy atom. The maximum atomic E-state index is 5.52. The van der Waals surface area contributed by atoms with Crippen LogP contribution in [0.3, 0.4) is 0 Å². The lowest BCUT2D eigenvalue weighted by Crippen LogP contribution is -1.97. The molecule has 2 aromatic rings. The van der Waals surface area contributed by atoms with E-state index in [9.17, 15) is 0 Å². The predicted molar refractivity (Wildman–Crippen MR) is 54.1 cm³/mol. The van der Waals surface area contributed by atoms with Crippen molar-refractivity contribution in [2.45, 2.75) is 13.8 Å². The van der Waals surface area contributed by atoms with Crippen molar-refractivity contribution in [3.8, 4) is 5.13 Å². The van der Waals surface area contributed by atoms with Gasteiger partial charge in [0.05, 0.1) is 4.91 Å². The Kier molecular flexibility index (Phi) is 1.96. The van der Waals surface area contributed by atoms with Crippen LogP contribution < -0.4 is 4.91 Å². The van der Waals surface area contributed by atoms with Gasteiger partial charge in [0.1, 0.15) is 0 Å². The average molecular weight is 189 g/mol. The standard InChI is InChI=1S/C8H8BN3S/c1-5-3-4-6(2)12(5)8-11-10-7(9)13-8/h3-4H,1-2H3. The van der Waals surface area contributed by atoms with Gasteiger partial charge in [-0.25, -0.2) is 0 Å². The normalized spacial score (nSPS) is 10.6. The van der Waals surface area contributed by atoms with E-state index < -0.39 is 0 Å². The number of hydrogen-bond acceptors (Lipinski definition) is 3. The Morgan fingerprint density at radius 3 is 2.31 bits per heavy atom. The molecule has 2 heterocycles. The third-order valence-electron chi connectivity index (χ3n) is 1.89. The summed E-state index contributed by atoms with van der Waals surface area (Å²) in [6.45, 7) is 4.06. The third-order valence-corrected chi connectivity index (χ3v) is 2.63. The lowest BCUT2D eigenvalue weighted by molar-refractivity contribution is 0.916. The van der Waals surface area contributed by atoms with Gasteiger partial charge in [0.2, 0.25) is 5.13 Å². The van der Waals surface area contributed by atoms with E-state index >= 15 is 0 Å². The maximum Gasteiger partial charge on any atom is 0.215 e. The van der Waals surface area contributed by atoms with E-state index in [0.29, 0.717) is 4.91 Å². The van der Waals surface area contributed by atoms with Crippen molar-refractivity contribution in [1.29, 1.82) is 0 Å². The molecule has 2 aromatic heterocycles. The molecule has 2 rings (SSSR count). The van der Waals surface area contributed by atoms with Gasteiger partial charge in [0.15, 0.2) is 7.85 Å². The van der Waals surface area contributed by atoms with Crippen LogP contribution in [-0.4, -0.2) is 22.6 Å². The second-order valence-corrected chi connectivity index (χ2v) is 3.86. The fourth-order valence-corrected chi connectivity index (χ4v) is 2.02. The summed E-state index contributed by atoms with van der Waals surface area (Å²) in [6, 6.07) is 4.10. The van der Waals surface area contributed by atoms with Gasteiger partial charge in [-0.2, -0.15) is 5.10 Å². The van der Waals surface area contributed by atoms with Crippen molar-refractivity contribution in [1.82, 2.24) is 14.8 Å². The molecule has 0 N–H and O–H groups in total. The molecule has 0 spiro atoms. The van der Waals surface area contributed by atoms with Gasteiger partial charge in [0.25, 0.3) is 0 Å². The van der Waals surface area contributed by atoms with Crippen LogP contribution in [0.1, 0.15) is 11.4 Å². The van der Waals surface area contributed by atoms with Crippen LogP contribution in [0.2, 0.25) is 0 Å². The number of aryl methyl sites for hydroxylation is 2. The number of rotatable bonds is 1. The molecule has 3 nitrogen and oxygen atoms in total. The summed E-state index contributed by atoms with van der Waals surface area (Å²) in [7, 11) is 5.52. The summed E-state index contributed by atoms with van der Waals surface area (Å²) in [6.07, 6.45) is 0. The zero-order valence-electron chi connectivity index (χ0n) is 7.48. The van der Waals surface area contributed by atoms with Gasteiger partial charge < -0.3 is 0 Å². The summed E-state index contributed by atoms with van der Waals surface area (Å²) in [4.78, 5) is 0.502. The first-order valence-electron chi connectivity index (χ1n) is 3.93. The first-order chi connectivity index (χ1) is 6.18. The largest absolute Gasteiger partial charge is 0.293 e. The molecule has 0 fully saturated rings. The quantitative estimate of drug-likeness (QED) is 0.619. The Labute approximate surface area is 81.8 Å². The van der Waals surface area contributed by atoms with Gasteiger partial charge in [-0.3, -0.25) is 4.57 Å². The van der Waals surface area contributed by atoms with Gasteiger partial charge in [0, 0.05) is 11.4 Å². The molecule has 0 saturated carbocycles. The minimum Gasteiger partial charge on any atom is -0.293 e. The van der Waals surface area contributed by atoms with E-state index in [1.54, 1.807) is 0 Å². The first kappa shape index (κ1) is 8.50. The summed E-state index contributed by atoms with van der Waals surface area (Å²) >= 11 is 1.39. The van der Waals surface area contributed by atoms with Gasteiger partial charge >= 0.3 is 0 Å². The van der Waals surface area contributed by atoms with E-state index in [2.05, 4.69) is 10.2 Å². The highest BCUT2D eigenvalue weighted by Crippen LogP contribution is 2.15. The smallest absolute Gasteiger partial charge is 0.215 e. The zero-order valence-corrected chi connectivity index (χ0v) is 8.30. The fraction of sp³-hybridized carbons (Fsp3) is 0.250. The number of nitrogens with zero attached hydrogens (tertiary/aromatic N) is 3. The molecule has 0 aliphatic heterocycles. The molecule has 5 heteroatoms. The molecular weight excluding hydrogens is 181 g/mol. The van der Waals surface area contributed by atoms with Crippen LogP contribution in [0.25, 0.3) is 5.13 Å². The molecule has 0 aliphatic rings. The SMILES string of the molecule is [B]c1nnc(-n2c(C)ccc2C)s1. The van der Waals surface area contributed by atoms with Crippen LogP contribution in [0.15, 0.2) is 12.1 Å². The lowest BCUT2D eigenvalue weighted by Gasteiger charge is -2.02. The van der Waals surface area contributed by atoms with Crippen LogP contribution in [0, 0.1) is 13.8 Å². The molecule has 0 aliphatic carbocycles. The highest BCUT2D eigenvalue weighted by atomic mass is 32.1. The van der Waals surface area contributed by atoms with E-state index in [0.717, 1.165) is 16.5 Å². The maximum absolute atomic E-state index is 5.52. The molecule has 0 bridgehead atoms. The van der Waals surface area contributed by atoms with E-state index in [1.165, 1.54) is 11.3 Å². The Bertz CT molecular complexity index is 413. The number of aromatic nitrogens is 3. The summed E-state index contributed by atoms with van der Waals surface area (Å²) < 4.78 is 2.04. The van der Waals surface area contributed by atoms with Crippen molar-refractivity contribution < 1.29 is 0 Å². The summed E-state index contributed by atoms with van der Waals surface area (Å²) in [5, 5.41) is 8.60. The second kappa shape index (κ2) is 2.99. The average Bonchev–Trinajstić information content (AvgIpc) is 2.60. The Balaban J connectivity index is 2.57. The first-order valence-corrected chi connectivity index (χ1v) is 4.74. The van der Waals surface area contributed by atoms with Crippen LogP contribution in [0.5, 0.6) is 0 Å². The molecule has 0 aromatic carbocycles. The minimum absolute atomic E-state index is 0.502. The molecule has 64 valence electrons. The van der Waals surface area contributed by atoms with Crippen molar-refractivity contribution in [2.24, 2.45) is 0 Å². The number of hydrogen-bond donors (Lipinski definition) is 0. The van der Waals surface area contributed by atoms with Crippen molar-refractivity contribution in [3.63, 3.8) is 0 Å². The van der Waals surface area contributed by atoms with Crippen LogP contribution in [-0.2, 0) is 0 Å². The van der Waals surface area contributed by atoms with Gasteiger partial charge in [-0.1, -0.05) is 11.3 Å². The molecule has 0 atom stereocenters. The minimum atomic E-state index is 0.502. The highest BCUT2D eigenvalue weighted by molar-refractivity contribution is 7.21. The van der Waals surface area contributed by atoms with E-state index in [4.69, 9.17) is 7.85 Å². The monoisotopic (exact) mass is 189 g/mol.